The predicted molar refractivity (Wildman–Crippen MR) is 131 cm³/mol. The van der Waals surface area contributed by atoms with Crippen LogP contribution in [-0.4, -0.2) is 30.9 Å². The molecule has 7 nitrogen and oxygen atoms in total. The third kappa shape index (κ3) is 4.42. The van der Waals surface area contributed by atoms with Gasteiger partial charge in [-0.25, -0.2) is 4.98 Å². The number of allylic oxidation sites excluding steroid dienone is 3. The molecule has 1 aliphatic carbocycles. The maximum atomic E-state index is 13.7. The molecule has 2 aromatic rings. The van der Waals surface area contributed by atoms with Gasteiger partial charge in [0.05, 0.1) is 20.1 Å². The van der Waals surface area contributed by atoms with Gasteiger partial charge in [0.15, 0.2) is 5.78 Å². The first-order valence-electron chi connectivity index (χ1n) is 11.3. The van der Waals surface area contributed by atoms with Crippen LogP contribution in [0.1, 0.15) is 50.8 Å². The Labute approximate surface area is 200 Å². The molecule has 2 heterocycles. The van der Waals surface area contributed by atoms with E-state index in [1.54, 1.807) is 32.4 Å². The maximum Gasteiger partial charge on any atom is 0.255 e. The van der Waals surface area contributed by atoms with Crippen LogP contribution in [0.2, 0.25) is 0 Å². The van der Waals surface area contributed by atoms with Crippen molar-refractivity contribution in [3.63, 3.8) is 0 Å². The van der Waals surface area contributed by atoms with Gasteiger partial charge in [-0.1, -0.05) is 19.9 Å². The van der Waals surface area contributed by atoms with Crippen LogP contribution >= 0.6 is 0 Å². The zero-order valence-electron chi connectivity index (χ0n) is 20.5. The summed E-state index contributed by atoms with van der Waals surface area (Å²) in [5.41, 5.74) is 3.97. The molecule has 34 heavy (non-hydrogen) atoms. The molecular weight excluding hydrogens is 430 g/mol. The van der Waals surface area contributed by atoms with Gasteiger partial charge in [0.25, 0.3) is 5.91 Å². The molecule has 1 aliphatic heterocycles. The molecular formula is C27H31N3O4. The summed E-state index contributed by atoms with van der Waals surface area (Å²) < 4.78 is 11.1. The molecule has 2 aliphatic rings. The summed E-state index contributed by atoms with van der Waals surface area (Å²) in [6, 6.07) is 10.9. The molecule has 0 fully saturated rings. The lowest BCUT2D eigenvalue weighted by Crippen LogP contribution is -2.39. The van der Waals surface area contributed by atoms with Gasteiger partial charge in [0.1, 0.15) is 17.3 Å². The second-order valence-electron chi connectivity index (χ2n) is 9.66. The average molecular weight is 462 g/mol. The minimum Gasteiger partial charge on any atom is -0.497 e. The molecule has 2 N–H and O–H groups in total. The van der Waals surface area contributed by atoms with E-state index in [1.165, 1.54) is 0 Å². The average Bonchev–Trinajstić information content (AvgIpc) is 2.76. The second-order valence-corrected chi connectivity index (χ2v) is 9.66. The summed E-state index contributed by atoms with van der Waals surface area (Å²) in [5.74, 6) is 0.774. The zero-order chi connectivity index (χ0) is 24.6. The van der Waals surface area contributed by atoms with Crippen molar-refractivity contribution in [2.45, 2.75) is 46.5 Å². The van der Waals surface area contributed by atoms with Gasteiger partial charge in [-0.3, -0.25) is 9.59 Å². The van der Waals surface area contributed by atoms with Crippen LogP contribution in [0.15, 0.2) is 58.9 Å². The zero-order valence-corrected chi connectivity index (χ0v) is 20.5. The quantitative estimate of drug-likeness (QED) is 0.674. The van der Waals surface area contributed by atoms with E-state index in [-0.39, 0.29) is 17.1 Å². The number of nitrogens with one attached hydrogen (secondary N) is 2. The Morgan fingerprint density at radius 2 is 1.88 bits per heavy atom. The smallest absolute Gasteiger partial charge is 0.255 e. The van der Waals surface area contributed by atoms with E-state index in [4.69, 9.17) is 9.47 Å². The lowest BCUT2D eigenvalue weighted by molar-refractivity contribution is -0.118. The molecule has 0 radical (unpaired) electrons. The number of methoxy groups -OCH3 is 2. The minimum absolute atomic E-state index is 0.0279. The van der Waals surface area contributed by atoms with Crippen molar-refractivity contribution in [1.82, 2.24) is 10.3 Å². The van der Waals surface area contributed by atoms with E-state index in [1.807, 2.05) is 32.0 Å². The Morgan fingerprint density at radius 1 is 1.12 bits per heavy atom. The Hall–Kier alpha value is -3.61. The number of carbonyl (C=O) groups is 2. The lowest BCUT2D eigenvalue weighted by atomic mass is 9.68. The molecule has 4 rings (SSSR count). The number of aryl methyl sites for hydroxylation is 1. The van der Waals surface area contributed by atoms with Gasteiger partial charge in [-0.2, -0.15) is 0 Å². The van der Waals surface area contributed by atoms with Crippen molar-refractivity contribution >= 4 is 17.5 Å². The number of rotatable bonds is 5. The highest BCUT2D eigenvalue weighted by Gasteiger charge is 2.43. The number of benzene rings is 1. The Balaban J connectivity index is 1.88. The molecule has 0 unspecified atom stereocenters. The fourth-order valence-electron chi connectivity index (χ4n) is 4.91. The van der Waals surface area contributed by atoms with E-state index in [2.05, 4.69) is 29.5 Å². The predicted octanol–water partition coefficient (Wildman–Crippen LogP) is 4.65. The molecule has 1 aromatic heterocycles. The number of aromatic nitrogens is 1. The Bertz CT molecular complexity index is 1230. The third-order valence-electron chi connectivity index (χ3n) is 6.36. The fraction of sp³-hybridized carbons (Fsp3) is 0.370. The number of amides is 1. The highest BCUT2D eigenvalue weighted by Crippen LogP contribution is 2.49. The number of anilines is 1. The summed E-state index contributed by atoms with van der Waals surface area (Å²) >= 11 is 0. The van der Waals surface area contributed by atoms with E-state index in [9.17, 15) is 9.59 Å². The van der Waals surface area contributed by atoms with Crippen molar-refractivity contribution in [1.29, 1.82) is 0 Å². The number of Topliss-reactive ketones (excluding diaryl/α,β-unsaturated/α-hetero) is 1. The molecule has 1 atom stereocenters. The van der Waals surface area contributed by atoms with Gasteiger partial charge in [0, 0.05) is 40.2 Å². The van der Waals surface area contributed by atoms with Crippen LogP contribution < -0.4 is 20.1 Å². The fourth-order valence-corrected chi connectivity index (χ4v) is 4.91. The summed E-state index contributed by atoms with van der Waals surface area (Å²) in [6.45, 7) is 7.91. The van der Waals surface area contributed by atoms with E-state index in [0.717, 1.165) is 11.4 Å². The van der Waals surface area contributed by atoms with Crippen LogP contribution in [0.3, 0.4) is 0 Å². The van der Waals surface area contributed by atoms with Crippen molar-refractivity contribution in [2.24, 2.45) is 5.41 Å². The molecule has 0 saturated carbocycles. The van der Waals surface area contributed by atoms with Gasteiger partial charge in [0.2, 0.25) is 0 Å². The number of hydrogen-bond donors (Lipinski definition) is 2. The third-order valence-corrected chi connectivity index (χ3v) is 6.36. The molecule has 0 spiro atoms. The molecule has 1 aromatic carbocycles. The van der Waals surface area contributed by atoms with Crippen molar-refractivity contribution in [2.75, 3.05) is 19.5 Å². The van der Waals surface area contributed by atoms with Crippen molar-refractivity contribution in [3.05, 3.63) is 70.2 Å². The highest BCUT2D eigenvalue weighted by molar-refractivity contribution is 6.09. The minimum atomic E-state index is -0.602. The standard InChI is InChI=1S/C27H31N3O4/c1-15-8-7-9-22(28-15)30-26(32)23-16(2)29-19-13-27(3,4)14-20(31)25(19)24(23)18-12-17(33-5)10-11-21(18)34-6/h7-12,24,29H,13-14H2,1-6H3,(H,28,30,32)/t24-/m1/s1. The normalized spacial score (nSPS) is 19.4. The lowest BCUT2D eigenvalue weighted by Gasteiger charge is -2.40. The van der Waals surface area contributed by atoms with Crippen LogP contribution in [0.25, 0.3) is 0 Å². The van der Waals surface area contributed by atoms with E-state index < -0.39 is 5.92 Å². The van der Waals surface area contributed by atoms with Crippen LogP contribution in [-0.2, 0) is 9.59 Å². The maximum absolute atomic E-state index is 13.7. The van der Waals surface area contributed by atoms with E-state index >= 15 is 0 Å². The van der Waals surface area contributed by atoms with E-state index in [0.29, 0.717) is 52.6 Å². The Morgan fingerprint density at radius 3 is 2.56 bits per heavy atom. The molecule has 0 saturated heterocycles. The van der Waals surface area contributed by atoms with Gasteiger partial charge in [-0.15, -0.1) is 0 Å². The molecule has 7 heteroatoms. The first-order chi connectivity index (χ1) is 16.1. The summed E-state index contributed by atoms with van der Waals surface area (Å²) in [7, 11) is 3.17. The molecule has 1 amide bonds. The number of carbonyl (C=O) groups excluding carboxylic acids is 2. The van der Waals surface area contributed by atoms with Crippen LogP contribution in [0.4, 0.5) is 5.82 Å². The first-order valence-corrected chi connectivity index (χ1v) is 11.3. The van der Waals surface area contributed by atoms with Crippen molar-refractivity contribution in [3.8, 4) is 11.5 Å². The number of ether oxygens (including phenoxy) is 2. The number of dihydropyridines is 1. The summed E-state index contributed by atoms with van der Waals surface area (Å²) in [6.07, 6.45) is 1.12. The topological polar surface area (TPSA) is 89.6 Å². The van der Waals surface area contributed by atoms with Crippen LogP contribution in [0.5, 0.6) is 11.5 Å². The number of ketones is 1. The van der Waals surface area contributed by atoms with Crippen LogP contribution in [0, 0.1) is 12.3 Å². The largest absolute Gasteiger partial charge is 0.497 e. The SMILES string of the molecule is COc1ccc(OC)c([C@@H]2C(C(=O)Nc3cccc(C)n3)=C(C)NC3=C2C(=O)CC(C)(C)C3)c1. The molecule has 178 valence electrons. The summed E-state index contributed by atoms with van der Waals surface area (Å²) in [5, 5.41) is 6.30. The monoisotopic (exact) mass is 461 g/mol. The number of pyridine rings is 1. The molecule has 0 bridgehead atoms. The Kier molecular flexibility index (Phi) is 6.21. The number of hydrogen-bond acceptors (Lipinski definition) is 6. The van der Waals surface area contributed by atoms with Gasteiger partial charge >= 0.3 is 0 Å². The van der Waals surface area contributed by atoms with Gasteiger partial charge < -0.3 is 20.1 Å². The van der Waals surface area contributed by atoms with Gasteiger partial charge in [-0.05, 0) is 56.0 Å². The number of nitrogens with zero attached hydrogens (tertiary/aromatic N) is 1. The van der Waals surface area contributed by atoms with Crippen molar-refractivity contribution < 1.29 is 19.1 Å². The first kappa shape index (κ1) is 23.5. The highest BCUT2D eigenvalue weighted by atomic mass is 16.5. The second kappa shape index (κ2) is 8.97. The summed E-state index contributed by atoms with van der Waals surface area (Å²) in [4.78, 5) is 31.6.